The number of carbonyl (C=O) groups is 1. The molecule has 1 aromatic rings. The fourth-order valence-electron chi connectivity index (χ4n) is 3.99. The predicted molar refractivity (Wildman–Crippen MR) is 103 cm³/mol. The molecule has 0 unspecified atom stereocenters. The predicted octanol–water partition coefficient (Wildman–Crippen LogP) is 3.31. The number of ether oxygens (including phenoxy) is 1. The van der Waals surface area contributed by atoms with Gasteiger partial charge in [0.25, 0.3) is 0 Å². The third-order valence-electron chi connectivity index (χ3n) is 4.67. The molecule has 1 saturated heterocycles. The average molecular weight is 348 g/mol. The first-order chi connectivity index (χ1) is 11.6. The third kappa shape index (κ3) is 5.63. The summed E-state index contributed by atoms with van der Waals surface area (Å²) in [6, 6.07) is 7.60. The van der Waals surface area contributed by atoms with Crippen molar-refractivity contribution in [1.82, 2.24) is 10.6 Å². The van der Waals surface area contributed by atoms with Crippen molar-refractivity contribution in [2.45, 2.75) is 77.0 Å². The van der Waals surface area contributed by atoms with Gasteiger partial charge in [0.2, 0.25) is 5.91 Å². The van der Waals surface area contributed by atoms with Gasteiger partial charge < -0.3 is 20.7 Å². The van der Waals surface area contributed by atoms with E-state index in [4.69, 9.17) is 4.74 Å². The van der Waals surface area contributed by atoms with Crippen molar-refractivity contribution in [3.8, 4) is 5.75 Å². The SMILES string of the molecule is CC[C@H](Nc1cccc(OC)c1)C(=O)NC1CC(C)(C)NC(C)(C)C1. The lowest BCUT2D eigenvalue weighted by Crippen LogP contribution is -2.62. The minimum atomic E-state index is -0.256. The van der Waals surface area contributed by atoms with Crippen LogP contribution in [0.1, 0.15) is 53.9 Å². The molecule has 0 spiro atoms. The Morgan fingerprint density at radius 1 is 1.28 bits per heavy atom. The molecule has 1 aromatic carbocycles. The van der Waals surface area contributed by atoms with Gasteiger partial charge >= 0.3 is 0 Å². The van der Waals surface area contributed by atoms with E-state index < -0.39 is 0 Å². The second-order valence-electron chi connectivity index (χ2n) is 8.34. The molecular weight excluding hydrogens is 314 g/mol. The number of carbonyl (C=O) groups excluding carboxylic acids is 1. The maximum Gasteiger partial charge on any atom is 0.242 e. The molecule has 3 N–H and O–H groups in total. The summed E-state index contributed by atoms with van der Waals surface area (Å²) in [6.45, 7) is 10.8. The summed E-state index contributed by atoms with van der Waals surface area (Å²) in [5, 5.41) is 10.2. The van der Waals surface area contributed by atoms with E-state index in [9.17, 15) is 4.79 Å². The van der Waals surface area contributed by atoms with E-state index in [2.05, 4.69) is 43.6 Å². The first-order valence-electron chi connectivity index (χ1n) is 9.14. The highest BCUT2D eigenvalue weighted by atomic mass is 16.5. The summed E-state index contributed by atoms with van der Waals surface area (Å²) in [6.07, 6.45) is 2.58. The Labute approximate surface area is 151 Å². The Bertz CT molecular complexity index is 582. The van der Waals surface area contributed by atoms with Gasteiger partial charge in [0.05, 0.1) is 7.11 Å². The minimum Gasteiger partial charge on any atom is -0.497 e. The van der Waals surface area contributed by atoms with Crippen molar-refractivity contribution in [2.75, 3.05) is 12.4 Å². The maximum atomic E-state index is 12.8. The Morgan fingerprint density at radius 2 is 1.92 bits per heavy atom. The van der Waals surface area contributed by atoms with Crippen LogP contribution in [0, 0.1) is 0 Å². The molecule has 140 valence electrons. The van der Waals surface area contributed by atoms with Crippen LogP contribution in [-0.4, -0.2) is 36.2 Å². The van der Waals surface area contributed by atoms with Crippen molar-refractivity contribution in [3.05, 3.63) is 24.3 Å². The van der Waals surface area contributed by atoms with Crippen LogP contribution < -0.4 is 20.7 Å². The first kappa shape index (κ1) is 19.6. The normalized spacial score (nSPS) is 20.6. The third-order valence-corrected chi connectivity index (χ3v) is 4.67. The molecule has 0 radical (unpaired) electrons. The van der Waals surface area contributed by atoms with Crippen molar-refractivity contribution < 1.29 is 9.53 Å². The molecule has 1 atom stereocenters. The molecule has 0 aliphatic carbocycles. The van der Waals surface area contributed by atoms with E-state index in [0.29, 0.717) is 0 Å². The number of amides is 1. The van der Waals surface area contributed by atoms with Crippen LogP contribution in [0.25, 0.3) is 0 Å². The number of methoxy groups -OCH3 is 1. The van der Waals surface area contributed by atoms with Crippen molar-refractivity contribution in [2.24, 2.45) is 0 Å². The van der Waals surface area contributed by atoms with Crippen molar-refractivity contribution >= 4 is 11.6 Å². The van der Waals surface area contributed by atoms with Crippen LogP contribution in [0.3, 0.4) is 0 Å². The monoisotopic (exact) mass is 347 g/mol. The smallest absolute Gasteiger partial charge is 0.242 e. The molecule has 1 aliphatic rings. The van der Waals surface area contributed by atoms with E-state index in [0.717, 1.165) is 30.7 Å². The van der Waals surface area contributed by atoms with Crippen molar-refractivity contribution in [1.29, 1.82) is 0 Å². The number of rotatable bonds is 6. The lowest BCUT2D eigenvalue weighted by Gasteiger charge is -2.46. The standard InChI is InChI=1S/C20H33N3O2/c1-7-17(21-14-9-8-10-16(11-14)25-6)18(24)22-15-12-19(2,3)23-20(4,5)13-15/h8-11,15,17,21,23H,7,12-13H2,1-6H3,(H,22,24)/t17-/m0/s1. The molecule has 0 bridgehead atoms. The van der Waals surface area contributed by atoms with Gasteiger partial charge in [-0.3, -0.25) is 4.79 Å². The van der Waals surface area contributed by atoms with E-state index >= 15 is 0 Å². The van der Waals surface area contributed by atoms with Crippen LogP contribution in [0.4, 0.5) is 5.69 Å². The zero-order chi connectivity index (χ0) is 18.7. The van der Waals surface area contributed by atoms with Gasteiger partial charge in [0.15, 0.2) is 0 Å². The van der Waals surface area contributed by atoms with Gasteiger partial charge in [-0.15, -0.1) is 0 Å². The van der Waals surface area contributed by atoms with Gasteiger partial charge in [-0.1, -0.05) is 13.0 Å². The number of hydrogen-bond donors (Lipinski definition) is 3. The zero-order valence-corrected chi connectivity index (χ0v) is 16.4. The summed E-state index contributed by atoms with van der Waals surface area (Å²) in [5.74, 6) is 0.839. The van der Waals surface area contributed by atoms with E-state index in [1.54, 1.807) is 7.11 Å². The molecule has 0 aromatic heterocycles. The van der Waals surface area contributed by atoms with Gasteiger partial charge in [-0.2, -0.15) is 0 Å². The van der Waals surface area contributed by atoms with Crippen LogP contribution in [0.15, 0.2) is 24.3 Å². The fraction of sp³-hybridized carbons (Fsp3) is 0.650. The number of nitrogens with one attached hydrogen (secondary N) is 3. The number of benzene rings is 1. The molecule has 5 heteroatoms. The van der Waals surface area contributed by atoms with Crippen LogP contribution in [-0.2, 0) is 4.79 Å². The fourth-order valence-corrected chi connectivity index (χ4v) is 3.99. The quantitative estimate of drug-likeness (QED) is 0.739. The number of piperidine rings is 1. The maximum absolute atomic E-state index is 12.8. The minimum absolute atomic E-state index is 0.0155. The van der Waals surface area contributed by atoms with E-state index in [-0.39, 0.29) is 29.1 Å². The second kappa shape index (κ2) is 7.65. The molecule has 0 saturated carbocycles. The van der Waals surface area contributed by atoms with E-state index in [1.165, 1.54) is 0 Å². The molecule has 1 fully saturated rings. The molecule has 1 aliphatic heterocycles. The molecule has 1 heterocycles. The van der Waals surface area contributed by atoms with Crippen molar-refractivity contribution in [3.63, 3.8) is 0 Å². The lowest BCUT2D eigenvalue weighted by atomic mass is 9.79. The summed E-state index contributed by atoms with van der Waals surface area (Å²) in [4.78, 5) is 12.8. The summed E-state index contributed by atoms with van der Waals surface area (Å²) in [5.41, 5.74) is 0.927. The van der Waals surface area contributed by atoms with Gasteiger partial charge in [-0.25, -0.2) is 0 Å². The Balaban J connectivity index is 2.01. The number of hydrogen-bond acceptors (Lipinski definition) is 4. The molecular formula is C20H33N3O2. The Kier molecular flexibility index (Phi) is 5.99. The zero-order valence-electron chi connectivity index (χ0n) is 16.4. The summed E-state index contributed by atoms with van der Waals surface area (Å²) >= 11 is 0. The highest BCUT2D eigenvalue weighted by Gasteiger charge is 2.38. The van der Waals surface area contributed by atoms with Crippen LogP contribution >= 0.6 is 0 Å². The second-order valence-corrected chi connectivity index (χ2v) is 8.34. The molecule has 1 amide bonds. The summed E-state index contributed by atoms with van der Waals surface area (Å²) < 4.78 is 5.25. The first-order valence-corrected chi connectivity index (χ1v) is 9.14. The average Bonchev–Trinajstić information content (AvgIpc) is 2.49. The lowest BCUT2D eigenvalue weighted by molar-refractivity contribution is -0.123. The molecule has 5 nitrogen and oxygen atoms in total. The molecule has 25 heavy (non-hydrogen) atoms. The Morgan fingerprint density at radius 3 is 2.48 bits per heavy atom. The van der Waals surface area contributed by atoms with E-state index in [1.807, 2.05) is 31.2 Å². The van der Waals surface area contributed by atoms with Crippen LogP contribution in [0.2, 0.25) is 0 Å². The van der Waals surface area contributed by atoms with Crippen LogP contribution in [0.5, 0.6) is 5.75 Å². The van der Waals surface area contributed by atoms with Gasteiger partial charge in [-0.05, 0) is 59.1 Å². The largest absolute Gasteiger partial charge is 0.497 e. The molecule has 2 rings (SSSR count). The van der Waals surface area contributed by atoms with Gasteiger partial charge in [0.1, 0.15) is 11.8 Å². The highest BCUT2D eigenvalue weighted by Crippen LogP contribution is 2.28. The van der Waals surface area contributed by atoms with Gasteiger partial charge in [0, 0.05) is 28.9 Å². The number of anilines is 1. The Hall–Kier alpha value is -1.75. The topological polar surface area (TPSA) is 62.4 Å². The highest BCUT2D eigenvalue weighted by molar-refractivity contribution is 5.84. The summed E-state index contributed by atoms with van der Waals surface area (Å²) in [7, 11) is 1.64.